The summed E-state index contributed by atoms with van der Waals surface area (Å²) in [5.41, 5.74) is 2.66. The van der Waals surface area contributed by atoms with Crippen LogP contribution in [0.25, 0.3) is 11.1 Å². The third-order valence-corrected chi connectivity index (χ3v) is 17.1. The fraction of sp³-hybridized carbons (Fsp3) is 0.391. The molecule has 4 aromatic rings. The maximum absolute atomic E-state index is 13.7. The van der Waals surface area contributed by atoms with Crippen molar-refractivity contribution in [3.8, 4) is 11.1 Å². The minimum absolute atomic E-state index is 0.0116. The Morgan fingerprint density at radius 2 is 0.934 bits per heavy atom. The van der Waals surface area contributed by atoms with Crippen LogP contribution in [0.3, 0.4) is 0 Å². The lowest BCUT2D eigenvalue weighted by Gasteiger charge is -2.34. The Kier molecular flexibility index (Phi) is 16.3. The predicted molar refractivity (Wildman–Crippen MR) is 237 cm³/mol. The number of hydrogen-bond acceptors (Lipinski definition) is 9. The van der Waals surface area contributed by atoms with Gasteiger partial charge in [-0.25, -0.2) is 9.59 Å². The van der Waals surface area contributed by atoms with Crippen molar-refractivity contribution in [3.05, 3.63) is 129 Å². The molecular weight excluding hydrogens is 813 g/mol. The van der Waals surface area contributed by atoms with E-state index >= 15 is 0 Å². The van der Waals surface area contributed by atoms with E-state index in [2.05, 4.69) is 10.6 Å². The maximum Gasteiger partial charge on any atom is 0.500 e. The number of carbonyl (C=O) groups excluding carboxylic acids is 2. The van der Waals surface area contributed by atoms with Crippen LogP contribution in [0.4, 0.5) is 0 Å². The van der Waals surface area contributed by atoms with Gasteiger partial charge in [0.05, 0.1) is 27.7 Å². The summed E-state index contributed by atoms with van der Waals surface area (Å²) in [6, 6.07) is 26.0. The predicted octanol–water partition coefficient (Wildman–Crippen LogP) is 7.88. The van der Waals surface area contributed by atoms with Gasteiger partial charge in [-0.15, -0.1) is 0 Å². The van der Waals surface area contributed by atoms with Gasteiger partial charge in [0, 0.05) is 52.2 Å². The summed E-state index contributed by atoms with van der Waals surface area (Å²) in [6.45, 7) is 14.3. The number of rotatable bonds is 24. The molecule has 0 bridgehead atoms. The third-order valence-electron chi connectivity index (χ3n) is 10.8. The van der Waals surface area contributed by atoms with Crippen LogP contribution >= 0.6 is 0 Å². The van der Waals surface area contributed by atoms with Crippen LogP contribution in [0.5, 0.6) is 0 Å². The molecule has 326 valence electrons. The Labute approximate surface area is 360 Å². The lowest BCUT2D eigenvalue weighted by Crippen LogP contribution is -2.46. The summed E-state index contributed by atoms with van der Waals surface area (Å²) in [5.74, 6) is -3.70. The van der Waals surface area contributed by atoms with E-state index in [1.165, 1.54) is 24.3 Å². The first kappa shape index (κ1) is 47.0. The molecule has 0 atom stereocenters. The van der Waals surface area contributed by atoms with E-state index in [4.69, 9.17) is 22.1 Å². The SMILES string of the molecule is CCO[Si](C)(CCCNC(=O)c1ccc(C2(c3ccc(C(=O)NCCC[Si](OCC)(OCC)OCC)c(C(=O)O)c3)c3ccccc3-c3ccccc32)cc1C(=O)O)OCC. The highest BCUT2D eigenvalue weighted by Gasteiger charge is 2.47. The molecule has 4 N–H and O–H groups in total. The second-order valence-electron chi connectivity index (χ2n) is 14.7. The number of carboxylic acid groups (broad SMARTS) is 2. The fourth-order valence-corrected chi connectivity index (χ4v) is 13.5. The molecule has 0 aliphatic heterocycles. The Hall–Kier alpha value is -5.01. The van der Waals surface area contributed by atoms with Crippen LogP contribution < -0.4 is 10.6 Å². The minimum Gasteiger partial charge on any atom is -0.478 e. The van der Waals surface area contributed by atoms with Crippen molar-refractivity contribution >= 4 is 41.1 Å². The van der Waals surface area contributed by atoms with E-state index in [0.29, 0.717) is 75.6 Å². The zero-order chi connectivity index (χ0) is 44.2. The minimum atomic E-state index is -2.95. The molecule has 0 unspecified atom stereocenters. The smallest absolute Gasteiger partial charge is 0.478 e. The molecule has 61 heavy (non-hydrogen) atoms. The van der Waals surface area contributed by atoms with Crippen molar-refractivity contribution in [3.63, 3.8) is 0 Å². The van der Waals surface area contributed by atoms with E-state index in [1.54, 1.807) is 12.1 Å². The standard InChI is InChI=1S/C46H58N2O11Si2/c1-7-55-60(6,56-8-2)28-16-26-47-42(49)36-24-22-32(30-38(36)44(51)52)46(40-20-14-12-18-34(40)35-19-13-15-21-41(35)46)33-23-25-37(39(31-33)45(53)54)43(50)48-27-17-29-61(57-9-3,58-10-4)59-11-5/h12-15,18-25,30-31H,7-11,16-17,26-29H2,1-6H3,(H,47,49)(H,48,50)(H,51,52)(H,53,54). The van der Waals surface area contributed by atoms with Crippen LogP contribution in [-0.2, 0) is 27.5 Å². The van der Waals surface area contributed by atoms with Gasteiger partial charge < -0.3 is 43.0 Å². The van der Waals surface area contributed by atoms with Gasteiger partial charge in [-0.1, -0.05) is 60.7 Å². The molecule has 2 amide bonds. The number of hydrogen-bond donors (Lipinski definition) is 4. The normalized spacial score (nSPS) is 13.0. The van der Waals surface area contributed by atoms with Crippen molar-refractivity contribution in [1.82, 2.24) is 10.6 Å². The molecule has 0 aromatic heterocycles. The highest BCUT2D eigenvalue weighted by molar-refractivity contribution is 6.66. The number of carboxylic acids is 2. The summed E-state index contributed by atoms with van der Waals surface area (Å²) in [5, 5.41) is 27.0. The second-order valence-corrected chi connectivity index (χ2v) is 20.8. The van der Waals surface area contributed by atoms with Crippen molar-refractivity contribution < 1.29 is 51.5 Å². The molecule has 0 fully saturated rings. The molecule has 1 aliphatic carbocycles. The maximum atomic E-state index is 13.7. The van der Waals surface area contributed by atoms with Gasteiger partial charge in [0.1, 0.15) is 0 Å². The molecule has 1 aliphatic rings. The Morgan fingerprint density at radius 3 is 1.33 bits per heavy atom. The number of benzene rings is 4. The molecule has 13 nitrogen and oxygen atoms in total. The van der Waals surface area contributed by atoms with Crippen LogP contribution in [0.1, 0.15) is 111 Å². The van der Waals surface area contributed by atoms with E-state index in [1.807, 2.05) is 89.7 Å². The Balaban J connectivity index is 1.53. The Bertz CT molecular complexity index is 2130. The van der Waals surface area contributed by atoms with Gasteiger partial charge in [-0.2, -0.15) is 0 Å². The van der Waals surface area contributed by atoms with Gasteiger partial charge in [0.25, 0.3) is 11.8 Å². The lowest BCUT2D eigenvalue weighted by molar-refractivity contribution is 0.0682. The summed E-state index contributed by atoms with van der Waals surface area (Å²) in [7, 11) is -5.36. The van der Waals surface area contributed by atoms with Crippen LogP contribution in [-0.4, -0.2) is 97.5 Å². The van der Waals surface area contributed by atoms with Gasteiger partial charge in [0.2, 0.25) is 0 Å². The van der Waals surface area contributed by atoms with Gasteiger partial charge in [-0.05, 0) is 118 Å². The van der Waals surface area contributed by atoms with Gasteiger partial charge >= 0.3 is 29.3 Å². The lowest BCUT2D eigenvalue weighted by atomic mass is 9.67. The van der Waals surface area contributed by atoms with Crippen LogP contribution in [0.15, 0.2) is 84.9 Å². The summed E-state index contributed by atoms with van der Waals surface area (Å²) >= 11 is 0. The van der Waals surface area contributed by atoms with E-state index in [-0.39, 0.29) is 28.8 Å². The van der Waals surface area contributed by atoms with Crippen molar-refractivity contribution in [2.75, 3.05) is 46.1 Å². The van der Waals surface area contributed by atoms with Crippen LogP contribution in [0.2, 0.25) is 18.6 Å². The highest BCUT2D eigenvalue weighted by Crippen LogP contribution is 2.56. The number of amides is 2. The molecule has 4 aromatic carbocycles. The molecule has 0 saturated carbocycles. The average molecular weight is 871 g/mol. The molecule has 0 saturated heterocycles. The first-order valence-electron chi connectivity index (χ1n) is 21.1. The number of fused-ring (bicyclic) bond motifs is 3. The summed E-state index contributed by atoms with van der Waals surface area (Å²) < 4.78 is 29.7. The molecule has 15 heteroatoms. The first-order chi connectivity index (χ1) is 29.3. The number of nitrogens with one attached hydrogen (secondary N) is 2. The number of carbonyl (C=O) groups is 4. The Morgan fingerprint density at radius 1 is 0.541 bits per heavy atom. The third kappa shape index (κ3) is 10.2. The largest absolute Gasteiger partial charge is 0.500 e. The average Bonchev–Trinajstić information content (AvgIpc) is 3.55. The van der Waals surface area contributed by atoms with E-state index in [0.717, 1.165) is 22.3 Å². The molecule has 5 rings (SSSR count). The summed E-state index contributed by atoms with van der Waals surface area (Å²) in [4.78, 5) is 53.4. The molecule has 0 radical (unpaired) electrons. The highest BCUT2D eigenvalue weighted by atomic mass is 28.4. The van der Waals surface area contributed by atoms with Gasteiger partial charge in [-0.3, -0.25) is 9.59 Å². The van der Waals surface area contributed by atoms with Crippen molar-refractivity contribution in [2.24, 2.45) is 0 Å². The van der Waals surface area contributed by atoms with E-state index in [9.17, 15) is 29.4 Å². The van der Waals surface area contributed by atoms with E-state index < -0.39 is 46.5 Å². The van der Waals surface area contributed by atoms with Crippen molar-refractivity contribution in [1.29, 1.82) is 0 Å². The topological polar surface area (TPSA) is 179 Å². The first-order valence-corrected chi connectivity index (χ1v) is 25.5. The van der Waals surface area contributed by atoms with Crippen molar-refractivity contribution in [2.45, 2.75) is 71.5 Å². The second kappa shape index (κ2) is 21.2. The van der Waals surface area contributed by atoms with Crippen LogP contribution in [0, 0.1) is 0 Å². The molecule has 0 spiro atoms. The monoisotopic (exact) mass is 870 g/mol. The van der Waals surface area contributed by atoms with Gasteiger partial charge in [0.15, 0.2) is 0 Å². The zero-order valence-corrected chi connectivity index (χ0v) is 37.9. The molecule has 0 heterocycles. The molecular formula is C46H58N2O11Si2. The fourth-order valence-electron chi connectivity index (χ4n) is 8.44. The quantitative estimate of drug-likeness (QED) is 0.0350. The zero-order valence-electron chi connectivity index (χ0n) is 35.9. The summed E-state index contributed by atoms with van der Waals surface area (Å²) in [6.07, 6.45) is 1.07. The number of aromatic carboxylic acids is 2.